The number of aryl methyl sites for hydroxylation is 1. The van der Waals surface area contributed by atoms with Crippen LogP contribution in [-0.2, 0) is 12.8 Å². The lowest BCUT2D eigenvalue weighted by molar-refractivity contribution is 0.242. The summed E-state index contributed by atoms with van der Waals surface area (Å²) in [5, 5.41) is 8.82. The third kappa shape index (κ3) is 3.04. The van der Waals surface area contributed by atoms with E-state index in [0.29, 0.717) is 24.7 Å². The Morgan fingerprint density at radius 3 is 2.93 bits per heavy atom. The Labute approximate surface area is 82.1 Å². The number of rotatable bonds is 4. The van der Waals surface area contributed by atoms with Gasteiger partial charge in [0.25, 0.3) is 0 Å². The highest BCUT2D eigenvalue weighted by molar-refractivity contribution is 5.73. The second-order valence-electron chi connectivity index (χ2n) is 2.71. The van der Waals surface area contributed by atoms with Crippen LogP contribution >= 0.6 is 0 Å². The van der Waals surface area contributed by atoms with Crippen LogP contribution in [0.15, 0.2) is 4.52 Å². The van der Waals surface area contributed by atoms with E-state index in [1.807, 2.05) is 6.92 Å². The smallest absolute Gasteiger partial charge is 0.314 e. The highest BCUT2D eigenvalue weighted by Crippen LogP contribution is 1.97. The van der Waals surface area contributed by atoms with Crippen molar-refractivity contribution in [3.8, 4) is 0 Å². The minimum atomic E-state index is -0.208. The molecule has 1 heterocycles. The molecule has 0 saturated heterocycles. The van der Waals surface area contributed by atoms with Crippen LogP contribution in [-0.4, -0.2) is 29.8 Å². The van der Waals surface area contributed by atoms with Crippen molar-refractivity contribution in [1.82, 2.24) is 20.8 Å². The molecule has 0 unspecified atom stereocenters. The van der Waals surface area contributed by atoms with Gasteiger partial charge in [-0.3, -0.25) is 0 Å². The summed E-state index contributed by atoms with van der Waals surface area (Å²) in [4.78, 5) is 14.9. The van der Waals surface area contributed by atoms with Crippen molar-refractivity contribution in [3.63, 3.8) is 0 Å². The largest absolute Gasteiger partial charge is 0.341 e. The molecule has 0 saturated carbocycles. The van der Waals surface area contributed by atoms with Gasteiger partial charge in [-0.25, -0.2) is 4.79 Å². The Balaban J connectivity index is 2.27. The number of carbonyl (C=O) groups is 1. The van der Waals surface area contributed by atoms with Crippen LogP contribution in [0.1, 0.15) is 18.6 Å². The summed E-state index contributed by atoms with van der Waals surface area (Å²) >= 11 is 0. The van der Waals surface area contributed by atoms with Crippen molar-refractivity contribution in [2.24, 2.45) is 0 Å². The summed E-state index contributed by atoms with van der Waals surface area (Å²) in [6, 6.07) is -0.208. The zero-order valence-electron chi connectivity index (χ0n) is 8.33. The van der Waals surface area contributed by atoms with Crippen LogP contribution in [0.4, 0.5) is 4.79 Å². The van der Waals surface area contributed by atoms with Crippen LogP contribution < -0.4 is 10.6 Å². The Morgan fingerprint density at radius 1 is 1.57 bits per heavy atom. The molecule has 0 aliphatic heterocycles. The fraction of sp³-hybridized carbons (Fsp3) is 0.625. The second kappa shape index (κ2) is 5.21. The van der Waals surface area contributed by atoms with Gasteiger partial charge in [-0.05, 0) is 0 Å². The summed E-state index contributed by atoms with van der Waals surface area (Å²) in [5.74, 6) is 1.25. The zero-order chi connectivity index (χ0) is 10.4. The number of hydrogen-bond acceptors (Lipinski definition) is 4. The van der Waals surface area contributed by atoms with Gasteiger partial charge in [-0.1, -0.05) is 12.1 Å². The number of amides is 2. The maximum Gasteiger partial charge on any atom is 0.314 e. The summed E-state index contributed by atoms with van der Waals surface area (Å²) in [5.41, 5.74) is 0. The van der Waals surface area contributed by atoms with Gasteiger partial charge in [0, 0.05) is 26.4 Å². The third-order valence-corrected chi connectivity index (χ3v) is 1.68. The van der Waals surface area contributed by atoms with Crippen molar-refractivity contribution in [2.75, 3.05) is 13.6 Å². The Bertz CT molecular complexity index is 297. The average molecular weight is 198 g/mol. The van der Waals surface area contributed by atoms with Crippen molar-refractivity contribution in [1.29, 1.82) is 0 Å². The van der Waals surface area contributed by atoms with Gasteiger partial charge in [0.05, 0.1) is 0 Å². The van der Waals surface area contributed by atoms with E-state index >= 15 is 0 Å². The SMILES string of the molecule is CCc1noc(CCNC(=O)NC)n1. The van der Waals surface area contributed by atoms with Gasteiger partial charge in [0.1, 0.15) is 0 Å². The lowest BCUT2D eigenvalue weighted by atomic mass is 10.4. The number of hydrogen-bond donors (Lipinski definition) is 2. The Hall–Kier alpha value is -1.59. The first-order valence-electron chi connectivity index (χ1n) is 4.53. The molecule has 2 amide bonds. The molecule has 0 spiro atoms. The van der Waals surface area contributed by atoms with E-state index in [9.17, 15) is 4.79 Å². The molecule has 1 rings (SSSR count). The van der Waals surface area contributed by atoms with Crippen molar-refractivity contribution < 1.29 is 9.32 Å². The van der Waals surface area contributed by atoms with E-state index < -0.39 is 0 Å². The van der Waals surface area contributed by atoms with E-state index in [-0.39, 0.29) is 6.03 Å². The zero-order valence-corrected chi connectivity index (χ0v) is 8.33. The highest BCUT2D eigenvalue weighted by atomic mass is 16.5. The molecule has 0 bridgehead atoms. The molecule has 0 aliphatic carbocycles. The summed E-state index contributed by atoms with van der Waals surface area (Å²) in [7, 11) is 1.57. The third-order valence-electron chi connectivity index (χ3n) is 1.68. The second-order valence-corrected chi connectivity index (χ2v) is 2.71. The van der Waals surface area contributed by atoms with E-state index in [2.05, 4.69) is 20.8 Å². The van der Waals surface area contributed by atoms with Crippen molar-refractivity contribution in [2.45, 2.75) is 19.8 Å². The minimum absolute atomic E-state index is 0.208. The van der Waals surface area contributed by atoms with E-state index in [1.54, 1.807) is 7.05 Å². The maximum atomic E-state index is 10.8. The van der Waals surface area contributed by atoms with Gasteiger partial charge in [0.15, 0.2) is 5.82 Å². The average Bonchev–Trinajstić information content (AvgIpc) is 2.65. The standard InChI is InChI=1S/C8H14N4O2/c1-3-6-11-7(14-12-6)4-5-10-8(13)9-2/h3-5H2,1-2H3,(H2,9,10,13). The van der Waals surface area contributed by atoms with Gasteiger partial charge in [-0.15, -0.1) is 0 Å². The first kappa shape index (κ1) is 10.5. The highest BCUT2D eigenvalue weighted by Gasteiger charge is 2.04. The lowest BCUT2D eigenvalue weighted by Gasteiger charge is -2.00. The minimum Gasteiger partial charge on any atom is -0.341 e. The molecule has 0 aliphatic rings. The molecule has 78 valence electrons. The number of nitrogens with one attached hydrogen (secondary N) is 2. The fourth-order valence-electron chi connectivity index (χ4n) is 0.907. The van der Waals surface area contributed by atoms with Gasteiger partial charge in [0.2, 0.25) is 5.89 Å². The molecular formula is C8H14N4O2. The predicted molar refractivity (Wildman–Crippen MR) is 49.8 cm³/mol. The van der Waals surface area contributed by atoms with Crippen LogP contribution in [0.2, 0.25) is 0 Å². The Morgan fingerprint density at radius 2 is 2.36 bits per heavy atom. The van der Waals surface area contributed by atoms with Gasteiger partial charge < -0.3 is 15.2 Å². The van der Waals surface area contributed by atoms with Crippen molar-refractivity contribution in [3.05, 3.63) is 11.7 Å². The first-order valence-corrected chi connectivity index (χ1v) is 4.53. The van der Waals surface area contributed by atoms with Crippen LogP contribution in [0, 0.1) is 0 Å². The first-order chi connectivity index (χ1) is 6.76. The molecule has 1 aromatic heterocycles. The molecular weight excluding hydrogens is 184 g/mol. The lowest BCUT2D eigenvalue weighted by Crippen LogP contribution is -2.34. The summed E-state index contributed by atoms with van der Waals surface area (Å²) in [6.07, 6.45) is 1.31. The topological polar surface area (TPSA) is 80.0 Å². The fourth-order valence-corrected chi connectivity index (χ4v) is 0.907. The molecule has 0 fully saturated rings. The molecule has 0 radical (unpaired) electrons. The van der Waals surface area contributed by atoms with E-state index in [0.717, 1.165) is 6.42 Å². The van der Waals surface area contributed by atoms with E-state index in [1.165, 1.54) is 0 Å². The molecule has 6 heteroatoms. The van der Waals surface area contributed by atoms with Crippen LogP contribution in [0.25, 0.3) is 0 Å². The number of aromatic nitrogens is 2. The summed E-state index contributed by atoms with van der Waals surface area (Å²) < 4.78 is 4.94. The maximum absolute atomic E-state index is 10.8. The van der Waals surface area contributed by atoms with Crippen LogP contribution in [0.3, 0.4) is 0 Å². The molecule has 0 aromatic carbocycles. The number of nitrogens with zero attached hydrogens (tertiary/aromatic N) is 2. The number of urea groups is 1. The molecule has 2 N–H and O–H groups in total. The molecule has 6 nitrogen and oxygen atoms in total. The quantitative estimate of drug-likeness (QED) is 0.719. The predicted octanol–water partition coefficient (Wildman–Crippen LogP) is 0.103. The van der Waals surface area contributed by atoms with Gasteiger partial charge >= 0.3 is 6.03 Å². The van der Waals surface area contributed by atoms with Crippen molar-refractivity contribution >= 4 is 6.03 Å². The molecule has 1 aromatic rings. The van der Waals surface area contributed by atoms with E-state index in [4.69, 9.17) is 4.52 Å². The summed E-state index contributed by atoms with van der Waals surface area (Å²) in [6.45, 7) is 2.45. The molecule has 14 heavy (non-hydrogen) atoms. The monoisotopic (exact) mass is 198 g/mol. The molecule has 0 atom stereocenters. The van der Waals surface area contributed by atoms with Crippen LogP contribution in [0.5, 0.6) is 0 Å². The Kier molecular flexibility index (Phi) is 3.90. The normalized spacial score (nSPS) is 9.86. The van der Waals surface area contributed by atoms with Gasteiger partial charge in [-0.2, -0.15) is 4.98 Å². The number of carbonyl (C=O) groups excluding carboxylic acids is 1.